The summed E-state index contributed by atoms with van der Waals surface area (Å²) >= 11 is 0. The van der Waals surface area contributed by atoms with Crippen LogP contribution in [0.3, 0.4) is 0 Å². The highest BCUT2D eigenvalue weighted by molar-refractivity contribution is 5.72. The van der Waals surface area contributed by atoms with Gasteiger partial charge >= 0.3 is 5.97 Å². The molecule has 0 bridgehead atoms. The molecule has 0 amide bonds. The number of rotatable bonds is 3. The molecule has 5 nitrogen and oxygen atoms in total. The fraction of sp³-hybridized carbons (Fsp3) is 0.333. The smallest absolute Gasteiger partial charge is 0.326 e. The van der Waals surface area contributed by atoms with Crippen LogP contribution in [0.5, 0.6) is 5.75 Å². The maximum Gasteiger partial charge on any atom is 0.326 e. The summed E-state index contributed by atoms with van der Waals surface area (Å²) in [5.74, 6) is 0.306. The summed E-state index contributed by atoms with van der Waals surface area (Å²) < 4.78 is 1.79. The molecule has 104 valence electrons. The van der Waals surface area contributed by atoms with E-state index in [0.717, 1.165) is 29.9 Å². The number of benzene rings is 1. The Bertz CT molecular complexity index is 631. The Kier molecular flexibility index (Phi) is 3.18. The van der Waals surface area contributed by atoms with Gasteiger partial charge in [-0.15, -0.1) is 0 Å². The van der Waals surface area contributed by atoms with Crippen LogP contribution in [0.2, 0.25) is 0 Å². The number of phenolic OH excluding ortho intramolecular Hbond substituents is 1. The average Bonchev–Trinajstić information content (AvgIpc) is 2.83. The van der Waals surface area contributed by atoms with Gasteiger partial charge < -0.3 is 14.8 Å². The van der Waals surface area contributed by atoms with Gasteiger partial charge in [0.25, 0.3) is 0 Å². The van der Waals surface area contributed by atoms with Crippen molar-refractivity contribution in [2.45, 2.75) is 31.7 Å². The van der Waals surface area contributed by atoms with Crippen molar-refractivity contribution < 1.29 is 15.0 Å². The molecule has 1 aliphatic rings. The topological polar surface area (TPSA) is 75.3 Å². The predicted octanol–water partition coefficient (Wildman–Crippen LogP) is 2.14. The van der Waals surface area contributed by atoms with Gasteiger partial charge in [0.1, 0.15) is 17.6 Å². The summed E-state index contributed by atoms with van der Waals surface area (Å²) in [6, 6.07) is 6.50. The monoisotopic (exact) mass is 272 g/mol. The zero-order chi connectivity index (χ0) is 14.1. The average molecular weight is 272 g/mol. The summed E-state index contributed by atoms with van der Waals surface area (Å²) in [6.07, 6.45) is 4.86. The fourth-order valence-corrected chi connectivity index (χ4v) is 2.69. The zero-order valence-electron chi connectivity index (χ0n) is 11.0. The second kappa shape index (κ2) is 5.00. The third-order valence-electron chi connectivity index (χ3n) is 3.68. The zero-order valence-corrected chi connectivity index (χ0v) is 11.0. The molecule has 0 fully saturated rings. The van der Waals surface area contributed by atoms with Crippen LogP contribution in [0.4, 0.5) is 0 Å². The molecule has 0 saturated carbocycles. The van der Waals surface area contributed by atoms with E-state index in [4.69, 9.17) is 0 Å². The summed E-state index contributed by atoms with van der Waals surface area (Å²) in [6.45, 7) is 0. The highest BCUT2D eigenvalue weighted by atomic mass is 16.4. The molecular weight excluding hydrogens is 256 g/mol. The first-order valence-corrected chi connectivity index (χ1v) is 6.71. The molecule has 1 aliphatic heterocycles. The molecule has 5 heteroatoms. The van der Waals surface area contributed by atoms with Crippen LogP contribution in [0.15, 0.2) is 30.5 Å². The Morgan fingerprint density at radius 3 is 2.80 bits per heavy atom. The molecule has 2 N–H and O–H groups in total. The molecule has 0 spiro atoms. The van der Waals surface area contributed by atoms with E-state index in [9.17, 15) is 15.0 Å². The molecule has 2 aromatic rings. The lowest BCUT2D eigenvalue weighted by Crippen LogP contribution is -2.24. The van der Waals surface area contributed by atoms with E-state index in [0.29, 0.717) is 12.8 Å². The summed E-state index contributed by atoms with van der Waals surface area (Å²) in [5.41, 5.74) is 1.92. The van der Waals surface area contributed by atoms with Crippen LogP contribution in [0, 0.1) is 0 Å². The van der Waals surface area contributed by atoms with Gasteiger partial charge in [-0.05, 0) is 30.5 Å². The third-order valence-corrected chi connectivity index (χ3v) is 3.68. The number of aryl methyl sites for hydroxylation is 1. The molecule has 1 atom stereocenters. The number of hydrogen-bond donors (Lipinski definition) is 2. The van der Waals surface area contributed by atoms with Gasteiger partial charge in [-0.1, -0.05) is 12.1 Å². The lowest BCUT2D eigenvalue weighted by molar-refractivity contribution is -0.141. The first-order valence-electron chi connectivity index (χ1n) is 6.71. The van der Waals surface area contributed by atoms with E-state index < -0.39 is 12.0 Å². The van der Waals surface area contributed by atoms with Crippen molar-refractivity contribution in [3.63, 3.8) is 0 Å². The second-order valence-electron chi connectivity index (χ2n) is 5.15. The Hall–Kier alpha value is -2.30. The van der Waals surface area contributed by atoms with E-state index in [1.54, 1.807) is 16.7 Å². The molecule has 0 saturated heterocycles. The van der Waals surface area contributed by atoms with Gasteiger partial charge in [0.15, 0.2) is 0 Å². The number of imidazole rings is 1. The van der Waals surface area contributed by atoms with E-state index >= 15 is 0 Å². The molecule has 3 rings (SSSR count). The van der Waals surface area contributed by atoms with E-state index in [1.165, 1.54) is 0 Å². The fourth-order valence-electron chi connectivity index (χ4n) is 2.69. The number of carbonyl (C=O) groups is 1. The van der Waals surface area contributed by atoms with Crippen molar-refractivity contribution in [3.05, 3.63) is 47.5 Å². The highest BCUT2D eigenvalue weighted by Gasteiger charge is 2.26. The molecular formula is C15H16N2O3. The summed E-state index contributed by atoms with van der Waals surface area (Å²) in [4.78, 5) is 15.8. The van der Waals surface area contributed by atoms with E-state index in [1.807, 2.05) is 18.3 Å². The van der Waals surface area contributed by atoms with Crippen molar-refractivity contribution in [1.82, 2.24) is 9.55 Å². The predicted molar refractivity (Wildman–Crippen MR) is 72.8 cm³/mol. The molecule has 1 unspecified atom stereocenters. The standard InChI is InChI=1S/C15H16N2O3/c18-12-6-4-10(5-7-12)8-11-9-17-13(15(19)20)2-1-3-14(17)16-11/h4-7,9,13,18H,1-3,8H2,(H,19,20). The number of aliphatic carboxylic acids is 1. The Balaban J connectivity index is 1.85. The SMILES string of the molecule is O=C(O)C1CCCc2nc(Cc3ccc(O)cc3)cn21. The number of carboxylic acids is 1. The minimum absolute atomic E-state index is 0.240. The molecule has 20 heavy (non-hydrogen) atoms. The van der Waals surface area contributed by atoms with Crippen LogP contribution >= 0.6 is 0 Å². The quantitative estimate of drug-likeness (QED) is 0.897. The first-order chi connectivity index (χ1) is 9.63. The number of nitrogens with zero attached hydrogens (tertiary/aromatic N) is 2. The molecule has 2 heterocycles. The minimum Gasteiger partial charge on any atom is -0.508 e. The van der Waals surface area contributed by atoms with Gasteiger partial charge in [0.2, 0.25) is 0 Å². The van der Waals surface area contributed by atoms with Crippen molar-refractivity contribution in [2.24, 2.45) is 0 Å². The molecule has 1 aromatic carbocycles. The van der Waals surface area contributed by atoms with Crippen LogP contribution in [-0.4, -0.2) is 25.7 Å². The van der Waals surface area contributed by atoms with Crippen LogP contribution in [0.1, 0.15) is 36.0 Å². The minimum atomic E-state index is -0.792. The van der Waals surface area contributed by atoms with Gasteiger partial charge in [0.05, 0.1) is 5.69 Å². The summed E-state index contributed by atoms with van der Waals surface area (Å²) in [7, 11) is 0. The Morgan fingerprint density at radius 2 is 2.10 bits per heavy atom. The third kappa shape index (κ3) is 2.39. The van der Waals surface area contributed by atoms with Crippen molar-refractivity contribution in [2.75, 3.05) is 0 Å². The first kappa shape index (κ1) is 12.7. The maximum atomic E-state index is 11.2. The lowest BCUT2D eigenvalue weighted by Gasteiger charge is -2.20. The Labute approximate surface area is 116 Å². The van der Waals surface area contributed by atoms with Gasteiger partial charge in [-0.25, -0.2) is 9.78 Å². The van der Waals surface area contributed by atoms with E-state index in [2.05, 4.69) is 4.98 Å². The van der Waals surface area contributed by atoms with Gasteiger partial charge in [0, 0.05) is 19.0 Å². The van der Waals surface area contributed by atoms with Gasteiger partial charge in [-0.2, -0.15) is 0 Å². The highest BCUT2D eigenvalue weighted by Crippen LogP contribution is 2.26. The molecule has 0 radical (unpaired) electrons. The number of fused-ring (bicyclic) bond motifs is 1. The number of aromatic nitrogens is 2. The number of phenols is 1. The van der Waals surface area contributed by atoms with Crippen LogP contribution in [0.25, 0.3) is 0 Å². The largest absolute Gasteiger partial charge is 0.508 e. The number of carboxylic acid groups (broad SMARTS) is 1. The second-order valence-corrected chi connectivity index (χ2v) is 5.15. The Morgan fingerprint density at radius 1 is 1.35 bits per heavy atom. The van der Waals surface area contributed by atoms with Crippen LogP contribution < -0.4 is 0 Å². The van der Waals surface area contributed by atoms with E-state index in [-0.39, 0.29) is 5.75 Å². The van der Waals surface area contributed by atoms with Crippen LogP contribution in [-0.2, 0) is 17.6 Å². The van der Waals surface area contributed by atoms with Gasteiger partial charge in [-0.3, -0.25) is 0 Å². The van der Waals surface area contributed by atoms with Crippen molar-refractivity contribution in [3.8, 4) is 5.75 Å². The molecule has 1 aromatic heterocycles. The normalized spacial score (nSPS) is 17.7. The van der Waals surface area contributed by atoms with Crippen molar-refractivity contribution in [1.29, 1.82) is 0 Å². The van der Waals surface area contributed by atoms with Crippen molar-refractivity contribution >= 4 is 5.97 Å². The lowest BCUT2D eigenvalue weighted by atomic mass is 10.1. The number of hydrogen-bond acceptors (Lipinski definition) is 3. The maximum absolute atomic E-state index is 11.2. The summed E-state index contributed by atoms with van der Waals surface area (Å²) in [5, 5.41) is 18.5. The molecule has 0 aliphatic carbocycles. The number of aromatic hydroxyl groups is 1.